The third kappa shape index (κ3) is 9.48. The summed E-state index contributed by atoms with van der Waals surface area (Å²) in [6.07, 6.45) is 13.9. The van der Waals surface area contributed by atoms with Crippen molar-refractivity contribution in [3.05, 3.63) is 35.5 Å². The fraction of sp³-hybridized carbons (Fsp3) is 0.786. The average Bonchev–Trinajstić information content (AvgIpc) is 3.16. The number of fused-ring (bicyclic) bond motifs is 1. The zero-order valence-electron chi connectivity index (χ0n) is 24.4. The molecule has 0 saturated heterocycles. The summed E-state index contributed by atoms with van der Waals surface area (Å²) in [5.41, 5.74) is 3.17. The Morgan fingerprint density at radius 2 is 1.68 bits per heavy atom. The summed E-state index contributed by atoms with van der Waals surface area (Å²) < 4.78 is 17.1. The molecule has 3 aliphatic rings. The summed E-state index contributed by atoms with van der Waals surface area (Å²) >= 11 is 9.46. The molecule has 0 spiro atoms. The van der Waals surface area contributed by atoms with Crippen LogP contribution in [0.25, 0.3) is 0 Å². The Balaban J connectivity index is 0.000000454. The summed E-state index contributed by atoms with van der Waals surface area (Å²) in [5.74, 6) is 2.11. The zero-order valence-corrected chi connectivity index (χ0v) is 27.7. The number of hydrogen-bond donors (Lipinski definition) is 7. The number of alkyl halides is 2. The van der Waals surface area contributed by atoms with Crippen LogP contribution >= 0.6 is 38.4 Å². The van der Waals surface area contributed by atoms with Crippen molar-refractivity contribution in [3.63, 3.8) is 0 Å². The van der Waals surface area contributed by atoms with Crippen LogP contribution in [0.5, 0.6) is 0 Å². The number of allylic oxidation sites excluding steroid dienone is 3. The van der Waals surface area contributed by atoms with Crippen LogP contribution in [0.4, 0.5) is 0 Å². The van der Waals surface area contributed by atoms with E-state index in [1.54, 1.807) is 5.57 Å². The van der Waals surface area contributed by atoms with Crippen LogP contribution in [0, 0.1) is 23.2 Å². The van der Waals surface area contributed by atoms with Gasteiger partial charge in [0.2, 0.25) is 0 Å². The number of halogens is 2. The molecule has 6 atom stereocenters. The molecule has 3 aliphatic carbocycles. The van der Waals surface area contributed by atoms with Gasteiger partial charge in [0.05, 0.1) is 17.8 Å². The van der Waals surface area contributed by atoms with E-state index in [0.717, 1.165) is 29.9 Å². The molecule has 0 bridgehead atoms. The topological polar surface area (TPSA) is 176 Å². The molecule has 0 amide bonds. The van der Waals surface area contributed by atoms with Gasteiger partial charge in [0, 0.05) is 6.42 Å². The van der Waals surface area contributed by atoms with Crippen molar-refractivity contribution in [2.75, 3.05) is 0 Å². The van der Waals surface area contributed by atoms with Crippen LogP contribution in [-0.2, 0) is 9.13 Å². The van der Waals surface area contributed by atoms with Gasteiger partial charge in [0.25, 0.3) is 0 Å². The Kier molecular flexibility index (Phi) is 12.7. The second-order valence-corrected chi connectivity index (χ2v) is 19.2. The molecule has 0 aromatic rings. The molecule has 238 valence electrons. The summed E-state index contributed by atoms with van der Waals surface area (Å²) in [6.45, 7) is 12.8. The molecule has 0 aromatic carbocycles. The van der Waals surface area contributed by atoms with Crippen LogP contribution < -0.4 is 0 Å². The molecular formula is C28H48Cl2O9P2. The molecule has 0 unspecified atom stereocenters. The van der Waals surface area contributed by atoms with Gasteiger partial charge in [-0.25, -0.2) is 0 Å². The van der Waals surface area contributed by atoms with E-state index in [2.05, 4.69) is 32.6 Å². The summed E-state index contributed by atoms with van der Waals surface area (Å²) in [7, 11) is -10.4. The quantitative estimate of drug-likeness (QED) is 0.119. The van der Waals surface area contributed by atoms with Gasteiger partial charge in [0.15, 0.2) is 0 Å². The fourth-order valence-corrected chi connectivity index (χ4v) is 8.26. The largest absolute Gasteiger partial charge is 0.393 e. The molecule has 41 heavy (non-hydrogen) atoms. The number of aliphatic hydroxyl groups excluding tert-OH is 2. The van der Waals surface area contributed by atoms with Gasteiger partial charge >= 0.3 is 19.0 Å². The van der Waals surface area contributed by atoms with Crippen molar-refractivity contribution in [1.82, 2.24) is 0 Å². The van der Waals surface area contributed by atoms with Gasteiger partial charge in [-0.1, -0.05) is 74.2 Å². The third-order valence-corrected chi connectivity index (χ3v) is 14.7. The lowest BCUT2D eigenvalue weighted by atomic mass is 9.60. The van der Waals surface area contributed by atoms with Crippen molar-refractivity contribution in [2.45, 2.75) is 114 Å². The Hall–Kier alpha value is -0.0200. The van der Waals surface area contributed by atoms with E-state index < -0.39 is 36.8 Å². The van der Waals surface area contributed by atoms with E-state index in [4.69, 9.17) is 42.8 Å². The molecule has 3 saturated carbocycles. The van der Waals surface area contributed by atoms with Crippen molar-refractivity contribution < 1.29 is 44.0 Å². The highest BCUT2D eigenvalue weighted by molar-refractivity contribution is 7.78. The van der Waals surface area contributed by atoms with Gasteiger partial charge < -0.3 is 34.9 Å². The summed E-state index contributed by atoms with van der Waals surface area (Å²) in [4.78, 5) is 32.9. The van der Waals surface area contributed by atoms with Crippen LogP contribution in [0.2, 0.25) is 0 Å². The number of hydrogen-bond acceptors (Lipinski definition) is 5. The molecule has 0 radical (unpaired) electrons. The van der Waals surface area contributed by atoms with Crippen LogP contribution in [0.3, 0.4) is 0 Å². The van der Waals surface area contributed by atoms with E-state index >= 15 is 0 Å². The molecule has 3 rings (SSSR count). The van der Waals surface area contributed by atoms with Crippen LogP contribution in [0.15, 0.2) is 35.5 Å². The lowest BCUT2D eigenvalue weighted by Crippen LogP contribution is -2.36. The first-order valence-corrected chi connectivity index (χ1v) is 18.2. The maximum atomic E-state index is 10.2. The second kappa shape index (κ2) is 14.0. The van der Waals surface area contributed by atoms with Crippen molar-refractivity contribution in [1.29, 1.82) is 0 Å². The average molecular weight is 662 g/mol. The lowest BCUT2D eigenvalue weighted by Gasteiger charge is -2.44. The first-order chi connectivity index (χ1) is 18.5. The molecule has 7 N–H and O–H groups in total. The maximum Gasteiger partial charge on any atom is 0.373 e. The third-order valence-electron chi connectivity index (χ3n) is 9.14. The molecule has 0 aromatic heterocycles. The minimum absolute atomic E-state index is 0.374. The smallest absolute Gasteiger partial charge is 0.373 e. The second-order valence-electron chi connectivity index (χ2n) is 12.9. The molecule has 0 aliphatic heterocycles. The Bertz CT molecular complexity index is 1060. The number of rotatable bonds is 8. The summed E-state index contributed by atoms with van der Waals surface area (Å²) in [5, 5.41) is 30.2. The Morgan fingerprint density at radius 1 is 1.10 bits per heavy atom. The van der Waals surface area contributed by atoms with E-state index in [0.29, 0.717) is 30.1 Å². The van der Waals surface area contributed by atoms with Gasteiger partial charge in [-0.05, 0) is 93.1 Å². The van der Waals surface area contributed by atoms with E-state index in [-0.39, 0.29) is 0 Å². The number of aliphatic hydroxyl groups is 3. The Morgan fingerprint density at radius 3 is 2.20 bits per heavy atom. The van der Waals surface area contributed by atoms with Crippen LogP contribution in [-0.4, -0.2) is 56.5 Å². The minimum Gasteiger partial charge on any atom is -0.393 e. The minimum atomic E-state index is -5.22. The van der Waals surface area contributed by atoms with Gasteiger partial charge in [-0.2, -0.15) is 0 Å². The van der Waals surface area contributed by atoms with Crippen molar-refractivity contribution in [3.8, 4) is 0 Å². The first kappa shape index (κ1) is 37.2. The molecule has 3 fully saturated rings. The predicted molar refractivity (Wildman–Crippen MR) is 163 cm³/mol. The normalized spacial score (nSPS) is 32.5. The van der Waals surface area contributed by atoms with Gasteiger partial charge in [-0.3, -0.25) is 9.13 Å². The fourth-order valence-electron chi connectivity index (χ4n) is 6.91. The first-order valence-electron chi connectivity index (χ1n) is 14.2. The predicted octanol–water partition coefficient (Wildman–Crippen LogP) is 6.14. The van der Waals surface area contributed by atoms with E-state index in [9.17, 15) is 24.4 Å². The molecular weight excluding hydrogens is 613 g/mol. The van der Waals surface area contributed by atoms with E-state index in [1.165, 1.54) is 38.5 Å². The highest BCUT2D eigenvalue weighted by Gasteiger charge is 2.58. The van der Waals surface area contributed by atoms with Crippen molar-refractivity contribution >= 4 is 38.4 Å². The van der Waals surface area contributed by atoms with Crippen LogP contribution in [0.1, 0.15) is 91.9 Å². The molecule has 9 nitrogen and oxygen atoms in total. The highest BCUT2D eigenvalue weighted by Crippen LogP contribution is 2.73. The SMILES string of the molecule is C=C1/C(=C\C=C2/CCC[C@]3(C)[C@@H]([C@H](C)CCCC(C)(C)O)CC[C@@H]23)C[C@@H](O)C[C@@H]1O.O=P(O)(O)C(Cl)(Cl)P(=O)(O)O. The van der Waals surface area contributed by atoms with Crippen molar-refractivity contribution in [2.24, 2.45) is 23.2 Å². The van der Waals surface area contributed by atoms with Gasteiger partial charge in [-0.15, -0.1) is 0 Å². The maximum absolute atomic E-state index is 10.2. The lowest BCUT2D eigenvalue weighted by molar-refractivity contribution is 0.0596. The molecule has 13 heteroatoms. The standard InChI is InChI=1S/C27H44O3.CH4Cl2O6P2/c1-18(8-6-14-26(3,4)30)23-12-13-24-20(9-7-15-27(23,24)5)10-11-21-16-22(28)17-25(29)19(21)2;2-1(3,10(4,5)6)11(7,8)9/h10-11,18,22-25,28-30H,2,6-9,12-17H2,1,3-5H3;(H2,4,5,6)(H2,7,8,9)/b20-10+,21-11-;/t18-,22-,23-,24+,25+,27-;/m1./s1. The molecule has 0 heterocycles. The van der Waals surface area contributed by atoms with Gasteiger partial charge in [0.1, 0.15) is 0 Å². The van der Waals surface area contributed by atoms with E-state index in [1.807, 2.05) is 13.8 Å². The highest BCUT2D eigenvalue weighted by atomic mass is 35.5. The monoisotopic (exact) mass is 660 g/mol. The summed E-state index contributed by atoms with van der Waals surface area (Å²) in [6, 6.07) is 0. The Labute approximate surface area is 254 Å². The zero-order chi connectivity index (χ0) is 31.6.